The van der Waals surface area contributed by atoms with Crippen LogP contribution in [0.25, 0.3) is 11.5 Å². The van der Waals surface area contributed by atoms with E-state index in [1.54, 1.807) is 33.3 Å². The van der Waals surface area contributed by atoms with E-state index in [0.717, 1.165) is 5.56 Å². The standard InChI is InChI=1S/C12H15N3O3/c1-7(13)11-14-12(18-15-11)8-4-5-9(16-2)10(6-8)17-3/h4-7H,13H2,1-3H3. The fraction of sp³-hybridized carbons (Fsp3) is 0.333. The summed E-state index contributed by atoms with van der Waals surface area (Å²) in [6.07, 6.45) is 0. The highest BCUT2D eigenvalue weighted by molar-refractivity contribution is 5.59. The summed E-state index contributed by atoms with van der Waals surface area (Å²) < 4.78 is 15.5. The highest BCUT2D eigenvalue weighted by Gasteiger charge is 2.13. The lowest BCUT2D eigenvalue weighted by molar-refractivity contribution is 0.354. The van der Waals surface area contributed by atoms with Gasteiger partial charge in [0.15, 0.2) is 17.3 Å². The average molecular weight is 249 g/mol. The molecule has 0 bridgehead atoms. The molecule has 1 aromatic carbocycles. The molecule has 0 saturated heterocycles. The van der Waals surface area contributed by atoms with Gasteiger partial charge in [0.05, 0.1) is 20.3 Å². The molecule has 1 aromatic heterocycles. The molecule has 1 heterocycles. The normalized spacial score (nSPS) is 12.2. The summed E-state index contributed by atoms with van der Waals surface area (Å²) >= 11 is 0. The lowest BCUT2D eigenvalue weighted by atomic mass is 10.2. The van der Waals surface area contributed by atoms with E-state index in [0.29, 0.717) is 23.2 Å². The summed E-state index contributed by atoms with van der Waals surface area (Å²) in [6, 6.07) is 5.11. The summed E-state index contributed by atoms with van der Waals surface area (Å²) in [6.45, 7) is 1.79. The quantitative estimate of drug-likeness (QED) is 0.889. The molecular formula is C12H15N3O3. The van der Waals surface area contributed by atoms with Gasteiger partial charge in [-0.15, -0.1) is 0 Å². The first-order valence-electron chi connectivity index (χ1n) is 5.47. The Morgan fingerprint density at radius 2 is 1.94 bits per heavy atom. The first-order valence-corrected chi connectivity index (χ1v) is 5.47. The monoisotopic (exact) mass is 249 g/mol. The van der Waals surface area contributed by atoms with E-state index in [1.165, 1.54) is 0 Å². The molecule has 2 N–H and O–H groups in total. The predicted molar refractivity (Wildman–Crippen MR) is 65.4 cm³/mol. The molecule has 0 fully saturated rings. The third kappa shape index (κ3) is 2.28. The van der Waals surface area contributed by atoms with Crippen LogP contribution in [0.15, 0.2) is 22.7 Å². The molecule has 1 atom stereocenters. The van der Waals surface area contributed by atoms with Crippen molar-refractivity contribution in [2.45, 2.75) is 13.0 Å². The maximum Gasteiger partial charge on any atom is 0.258 e. The van der Waals surface area contributed by atoms with Gasteiger partial charge in [-0.2, -0.15) is 4.98 Å². The lowest BCUT2D eigenvalue weighted by Crippen LogP contribution is -2.06. The van der Waals surface area contributed by atoms with Gasteiger partial charge in [-0.25, -0.2) is 0 Å². The van der Waals surface area contributed by atoms with Gasteiger partial charge in [-0.1, -0.05) is 5.16 Å². The van der Waals surface area contributed by atoms with Crippen molar-refractivity contribution in [2.75, 3.05) is 14.2 Å². The second-order valence-corrected chi connectivity index (χ2v) is 3.82. The molecule has 0 spiro atoms. The van der Waals surface area contributed by atoms with E-state index in [9.17, 15) is 0 Å². The van der Waals surface area contributed by atoms with Crippen molar-refractivity contribution < 1.29 is 14.0 Å². The Hall–Kier alpha value is -2.08. The molecule has 0 radical (unpaired) electrons. The van der Waals surface area contributed by atoms with Crippen molar-refractivity contribution in [1.29, 1.82) is 0 Å². The number of hydrogen-bond donors (Lipinski definition) is 1. The van der Waals surface area contributed by atoms with E-state index >= 15 is 0 Å². The Kier molecular flexibility index (Phi) is 3.47. The summed E-state index contributed by atoms with van der Waals surface area (Å²) in [7, 11) is 3.15. The maximum absolute atomic E-state index is 5.68. The van der Waals surface area contributed by atoms with Crippen LogP contribution in [0.4, 0.5) is 0 Å². The second-order valence-electron chi connectivity index (χ2n) is 3.82. The molecule has 18 heavy (non-hydrogen) atoms. The van der Waals surface area contributed by atoms with Crippen LogP contribution in [-0.4, -0.2) is 24.4 Å². The largest absolute Gasteiger partial charge is 0.493 e. The topological polar surface area (TPSA) is 83.4 Å². The summed E-state index contributed by atoms with van der Waals surface area (Å²) in [5, 5.41) is 3.81. The van der Waals surface area contributed by atoms with Gasteiger partial charge in [-0.05, 0) is 25.1 Å². The fourth-order valence-electron chi connectivity index (χ4n) is 1.51. The van der Waals surface area contributed by atoms with Gasteiger partial charge in [0, 0.05) is 5.56 Å². The van der Waals surface area contributed by atoms with Crippen molar-refractivity contribution in [3.63, 3.8) is 0 Å². The van der Waals surface area contributed by atoms with Crippen molar-refractivity contribution in [2.24, 2.45) is 5.73 Å². The first-order chi connectivity index (χ1) is 8.65. The zero-order valence-corrected chi connectivity index (χ0v) is 10.5. The molecule has 2 aromatic rings. The van der Waals surface area contributed by atoms with Crippen molar-refractivity contribution in [1.82, 2.24) is 10.1 Å². The summed E-state index contributed by atoms with van der Waals surface area (Å²) in [5.74, 6) is 2.13. The molecule has 0 aliphatic rings. The molecule has 6 heteroatoms. The van der Waals surface area contributed by atoms with Gasteiger partial charge in [0.1, 0.15) is 0 Å². The van der Waals surface area contributed by atoms with E-state index in [1.807, 2.05) is 6.07 Å². The van der Waals surface area contributed by atoms with Gasteiger partial charge in [0.2, 0.25) is 0 Å². The van der Waals surface area contributed by atoms with Gasteiger partial charge in [-0.3, -0.25) is 0 Å². The second kappa shape index (κ2) is 5.05. The number of nitrogens with zero attached hydrogens (tertiary/aromatic N) is 2. The molecule has 1 unspecified atom stereocenters. The minimum Gasteiger partial charge on any atom is -0.493 e. The molecule has 96 valence electrons. The zero-order valence-electron chi connectivity index (χ0n) is 10.5. The molecule has 0 aliphatic carbocycles. The highest BCUT2D eigenvalue weighted by atomic mass is 16.5. The van der Waals surface area contributed by atoms with E-state index in [4.69, 9.17) is 19.7 Å². The van der Waals surface area contributed by atoms with E-state index in [2.05, 4.69) is 10.1 Å². The van der Waals surface area contributed by atoms with Crippen LogP contribution < -0.4 is 15.2 Å². The summed E-state index contributed by atoms with van der Waals surface area (Å²) in [4.78, 5) is 4.21. The number of nitrogens with two attached hydrogens (primary N) is 1. The molecule has 0 amide bonds. The number of hydrogen-bond acceptors (Lipinski definition) is 6. The van der Waals surface area contributed by atoms with E-state index in [-0.39, 0.29) is 6.04 Å². The predicted octanol–water partition coefficient (Wildman–Crippen LogP) is 1.77. The Labute approximate surface area is 105 Å². The van der Waals surface area contributed by atoms with Crippen LogP contribution in [0.5, 0.6) is 11.5 Å². The Balaban J connectivity index is 2.38. The van der Waals surface area contributed by atoms with Crippen molar-refractivity contribution in [3.8, 4) is 23.0 Å². The van der Waals surface area contributed by atoms with Crippen LogP contribution in [0.1, 0.15) is 18.8 Å². The number of benzene rings is 1. The maximum atomic E-state index is 5.68. The van der Waals surface area contributed by atoms with Crippen LogP contribution in [0.3, 0.4) is 0 Å². The van der Waals surface area contributed by atoms with Gasteiger partial charge in [0.25, 0.3) is 5.89 Å². The fourth-order valence-corrected chi connectivity index (χ4v) is 1.51. The van der Waals surface area contributed by atoms with Crippen LogP contribution in [0.2, 0.25) is 0 Å². The summed E-state index contributed by atoms with van der Waals surface area (Å²) in [5.41, 5.74) is 6.43. The molecule has 0 saturated carbocycles. The lowest BCUT2D eigenvalue weighted by Gasteiger charge is -2.07. The smallest absolute Gasteiger partial charge is 0.258 e. The molecule has 0 aliphatic heterocycles. The minimum atomic E-state index is -0.261. The third-order valence-electron chi connectivity index (χ3n) is 2.48. The Morgan fingerprint density at radius 3 is 2.50 bits per heavy atom. The highest BCUT2D eigenvalue weighted by Crippen LogP contribution is 2.31. The third-order valence-corrected chi connectivity index (χ3v) is 2.48. The number of aromatic nitrogens is 2. The Morgan fingerprint density at radius 1 is 1.22 bits per heavy atom. The zero-order chi connectivity index (χ0) is 13.1. The number of rotatable bonds is 4. The van der Waals surface area contributed by atoms with Gasteiger partial charge >= 0.3 is 0 Å². The SMILES string of the molecule is COc1ccc(-c2nc(C(C)N)no2)cc1OC. The van der Waals surface area contributed by atoms with Crippen LogP contribution >= 0.6 is 0 Å². The number of ether oxygens (including phenoxy) is 2. The first kappa shape index (κ1) is 12.4. The Bertz CT molecular complexity index is 537. The van der Waals surface area contributed by atoms with Crippen LogP contribution in [0, 0.1) is 0 Å². The molecule has 6 nitrogen and oxygen atoms in total. The minimum absolute atomic E-state index is 0.261. The number of methoxy groups -OCH3 is 2. The van der Waals surface area contributed by atoms with Crippen molar-refractivity contribution >= 4 is 0 Å². The van der Waals surface area contributed by atoms with Crippen LogP contribution in [-0.2, 0) is 0 Å². The average Bonchev–Trinajstić information content (AvgIpc) is 2.87. The van der Waals surface area contributed by atoms with E-state index < -0.39 is 0 Å². The van der Waals surface area contributed by atoms with Crippen molar-refractivity contribution in [3.05, 3.63) is 24.0 Å². The van der Waals surface area contributed by atoms with Gasteiger partial charge < -0.3 is 19.7 Å². The molecular weight excluding hydrogens is 234 g/mol. The molecule has 2 rings (SSSR count).